The molecule has 1 aromatic heterocycles. The zero-order valence-electron chi connectivity index (χ0n) is 20.3. The van der Waals surface area contributed by atoms with Crippen molar-refractivity contribution in [2.45, 2.75) is 44.9 Å². The third-order valence-corrected chi connectivity index (χ3v) is 8.31. The minimum Gasteiger partial charge on any atom is -0.370 e. The van der Waals surface area contributed by atoms with Crippen molar-refractivity contribution in [3.63, 3.8) is 0 Å². The van der Waals surface area contributed by atoms with E-state index in [1.54, 1.807) is 18.2 Å². The third kappa shape index (κ3) is 3.72. The number of para-hydroxylation sites is 1. The van der Waals surface area contributed by atoms with Crippen molar-refractivity contribution < 1.29 is 19.1 Å². The van der Waals surface area contributed by atoms with Crippen LogP contribution in [0.3, 0.4) is 0 Å². The average molecular weight is 498 g/mol. The highest BCUT2D eigenvalue weighted by Crippen LogP contribution is 2.54. The van der Waals surface area contributed by atoms with E-state index in [4.69, 9.17) is 9.84 Å². The number of ether oxygens (including phenoxy) is 1. The summed E-state index contributed by atoms with van der Waals surface area (Å²) in [6.45, 7) is 2.14. The summed E-state index contributed by atoms with van der Waals surface area (Å²) >= 11 is 0. The van der Waals surface area contributed by atoms with Gasteiger partial charge >= 0.3 is 0 Å². The lowest BCUT2D eigenvalue weighted by atomic mass is 9.92. The van der Waals surface area contributed by atoms with E-state index in [1.165, 1.54) is 0 Å². The van der Waals surface area contributed by atoms with Gasteiger partial charge in [0.15, 0.2) is 5.69 Å². The van der Waals surface area contributed by atoms with Crippen molar-refractivity contribution in [2.75, 3.05) is 18.4 Å². The molecule has 188 valence electrons. The van der Waals surface area contributed by atoms with Crippen LogP contribution < -0.4 is 10.6 Å². The Morgan fingerprint density at radius 3 is 2.70 bits per heavy atom. The van der Waals surface area contributed by atoms with Crippen LogP contribution in [0.2, 0.25) is 0 Å². The number of rotatable bonds is 4. The van der Waals surface area contributed by atoms with E-state index in [9.17, 15) is 14.4 Å². The van der Waals surface area contributed by atoms with Gasteiger partial charge in [0.2, 0.25) is 5.91 Å². The molecule has 2 fully saturated rings. The first-order valence-electron chi connectivity index (χ1n) is 12.8. The van der Waals surface area contributed by atoms with Gasteiger partial charge in [-0.25, -0.2) is 4.68 Å². The molecule has 4 aliphatic rings. The molecule has 3 amide bonds. The predicted molar refractivity (Wildman–Crippen MR) is 134 cm³/mol. The Bertz CT molecular complexity index is 1440. The van der Waals surface area contributed by atoms with Gasteiger partial charge in [0.1, 0.15) is 0 Å². The molecule has 1 spiro atoms. The SMILES string of the molecule is O=C1Cc2cc(C(=O)NC3CC34CCN(C(=O)c3nn(-c5ccccc5)c5c3COC5)CC4)ccc2N1. The number of piperidine rings is 1. The molecule has 1 atom stereocenters. The van der Waals surface area contributed by atoms with Crippen LogP contribution in [0, 0.1) is 5.41 Å². The Hall–Kier alpha value is -3.98. The minimum absolute atomic E-state index is 0.0423. The van der Waals surface area contributed by atoms with Crippen LogP contribution in [0.1, 0.15) is 56.9 Å². The average Bonchev–Trinajstić information content (AvgIpc) is 3.29. The summed E-state index contributed by atoms with van der Waals surface area (Å²) in [7, 11) is 0. The first-order valence-corrected chi connectivity index (χ1v) is 12.8. The van der Waals surface area contributed by atoms with E-state index in [1.807, 2.05) is 39.9 Å². The second kappa shape index (κ2) is 8.27. The normalized spacial score (nSPS) is 20.9. The molecule has 9 heteroatoms. The number of hydrogen-bond acceptors (Lipinski definition) is 5. The van der Waals surface area contributed by atoms with E-state index in [0.29, 0.717) is 44.0 Å². The van der Waals surface area contributed by atoms with Crippen LogP contribution in [-0.2, 0) is 29.2 Å². The van der Waals surface area contributed by atoms with Gasteiger partial charge in [-0.15, -0.1) is 0 Å². The van der Waals surface area contributed by atoms with E-state index in [0.717, 1.165) is 47.5 Å². The Kier molecular flexibility index (Phi) is 4.97. The first kappa shape index (κ1) is 22.2. The maximum Gasteiger partial charge on any atom is 0.274 e. The Balaban J connectivity index is 1.00. The molecule has 3 aromatic rings. The standard InChI is InChI=1S/C28H27N5O4/c34-24-13-18-12-17(6-7-21(18)29-24)26(35)30-23-14-28(23)8-10-32(11-9-28)27(36)25-20-15-37-16-22(20)33(31-25)19-4-2-1-3-5-19/h1-7,12,23H,8-11,13-16H2,(H,29,34)(H,30,35). The monoisotopic (exact) mass is 497 g/mol. The van der Waals surface area contributed by atoms with Crippen molar-refractivity contribution in [3.8, 4) is 5.69 Å². The molecule has 37 heavy (non-hydrogen) atoms. The highest BCUT2D eigenvalue weighted by Gasteiger charge is 2.56. The molecule has 3 aliphatic heterocycles. The second-order valence-electron chi connectivity index (χ2n) is 10.5. The van der Waals surface area contributed by atoms with E-state index in [-0.39, 0.29) is 29.2 Å². The third-order valence-electron chi connectivity index (χ3n) is 8.31. The molecule has 0 bridgehead atoms. The van der Waals surface area contributed by atoms with Crippen molar-refractivity contribution in [2.24, 2.45) is 5.41 Å². The van der Waals surface area contributed by atoms with Gasteiger partial charge < -0.3 is 20.3 Å². The number of carbonyl (C=O) groups is 3. The Labute approximate surface area is 213 Å². The topological polar surface area (TPSA) is 106 Å². The quantitative estimate of drug-likeness (QED) is 0.577. The fraction of sp³-hybridized carbons (Fsp3) is 0.357. The summed E-state index contributed by atoms with van der Waals surface area (Å²) < 4.78 is 7.50. The van der Waals surface area contributed by atoms with Crippen LogP contribution in [-0.4, -0.2) is 51.5 Å². The van der Waals surface area contributed by atoms with Crippen LogP contribution in [0.5, 0.6) is 0 Å². The smallest absolute Gasteiger partial charge is 0.274 e. The molecular formula is C28H27N5O4. The molecular weight excluding hydrogens is 470 g/mol. The molecule has 9 nitrogen and oxygen atoms in total. The van der Waals surface area contributed by atoms with E-state index in [2.05, 4.69) is 10.6 Å². The fourth-order valence-corrected chi connectivity index (χ4v) is 6.01. The molecule has 7 rings (SSSR count). The van der Waals surface area contributed by atoms with Crippen molar-refractivity contribution >= 4 is 23.4 Å². The summed E-state index contributed by atoms with van der Waals surface area (Å²) in [5, 5.41) is 10.7. The predicted octanol–water partition coefficient (Wildman–Crippen LogP) is 2.82. The van der Waals surface area contributed by atoms with Crippen molar-refractivity contribution in [1.29, 1.82) is 0 Å². The number of likely N-dealkylation sites (tertiary alicyclic amines) is 1. The lowest BCUT2D eigenvalue weighted by Gasteiger charge is -2.32. The summed E-state index contributed by atoms with van der Waals surface area (Å²) in [6.07, 6.45) is 2.94. The highest BCUT2D eigenvalue weighted by atomic mass is 16.5. The molecule has 2 aromatic carbocycles. The summed E-state index contributed by atoms with van der Waals surface area (Å²) in [5.74, 6) is -0.197. The van der Waals surface area contributed by atoms with Crippen LogP contribution in [0.25, 0.3) is 5.69 Å². The van der Waals surface area contributed by atoms with Gasteiger partial charge in [0.25, 0.3) is 11.8 Å². The second-order valence-corrected chi connectivity index (χ2v) is 10.5. The maximum atomic E-state index is 13.5. The maximum absolute atomic E-state index is 13.5. The Morgan fingerprint density at radius 2 is 1.89 bits per heavy atom. The molecule has 0 radical (unpaired) electrons. The number of benzene rings is 2. The zero-order valence-corrected chi connectivity index (χ0v) is 20.3. The number of anilines is 1. The molecule has 4 heterocycles. The Morgan fingerprint density at radius 1 is 1.08 bits per heavy atom. The van der Waals surface area contributed by atoms with Gasteiger partial charge in [-0.1, -0.05) is 18.2 Å². The number of amides is 3. The zero-order chi connectivity index (χ0) is 25.1. The van der Waals surface area contributed by atoms with E-state index >= 15 is 0 Å². The van der Waals surface area contributed by atoms with Gasteiger partial charge in [-0.2, -0.15) is 5.10 Å². The van der Waals surface area contributed by atoms with Gasteiger partial charge in [-0.05, 0) is 60.6 Å². The lowest BCUT2D eigenvalue weighted by molar-refractivity contribution is -0.115. The number of aromatic nitrogens is 2. The summed E-state index contributed by atoms with van der Waals surface area (Å²) in [6, 6.07) is 15.3. The van der Waals surface area contributed by atoms with Crippen molar-refractivity contribution in [3.05, 3.63) is 76.6 Å². The van der Waals surface area contributed by atoms with Gasteiger partial charge in [0, 0.05) is 35.9 Å². The largest absolute Gasteiger partial charge is 0.370 e. The lowest BCUT2D eigenvalue weighted by Crippen LogP contribution is -2.42. The summed E-state index contributed by atoms with van der Waals surface area (Å²) in [4.78, 5) is 39.9. The molecule has 1 saturated carbocycles. The van der Waals surface area contributed by atoms with Crippen LogP contribution in [0.4, 0.5) is 5.69 Å². The number of carbonyl (C=O) groups excluding carboxylic acids is 3. The fourth-order valence-electron chi connectivity index (χ4n) is 6.01. The van der Waals surface area contributed by atoms with Gasteiger partial charge in [0.05, 0.1) is 31.0 Å². The molecule has 1 saturated heterocycles. The number of nitrogens with one attached hydrogen (secondary N) is 2. The highest BCUT2D eigenvalue weighted by molar-refractivity contribution is 6.01. The molecule has 1 aliphatic carbocycles. The summed E-state index contributed by atoms with van der Waals surface area (Å²) in [5.41, 5.74) is 5.51. The minimum atomic E-state index is -0.107. The van der Waals surface area contributed by atoms with E-state index < -0.39 is 0 Å². The van der Waals surface area contributed by atoms with Crippen molar-refractivity contribution in [1.82, 2.24) is 20.0 Å². The number of hydrogen-bond donors (Lipinski definition) is 2. The number of fused-ring (bicyclic) bond motifs is 2. The molecule has 1 unspecified atom stereocenters. The first-order chi connectivity index (χ1) is 18.0. The van der Waals surface area contributed by atoms with Gasteiger partial charge in [-0.3, -0.25) is 14.4 Å². The molecule has 2 N–H and O–H groups in total. The van der Waals surface area contributed by atoms with Crippen LogP contribution in [0.15, 0.2) is 48.5 Å². The van der Waals surface area contributed by atoms with Crippen LogP contribution >= 0.6 is 0 Å². The number of nitrogens with zero attached hydrogens (tertiary/aromatic N) is 3.